The molecule has 0 bridgehead atoms. The van der Waals surface area contributed by atoms with Crippen LogP contribution in [0.4, 0.5) is 18.9 Å². The fourth-order valence-electron chi connectivity index (χ4n) is 1.77. The summed E-state index contributed by atoms with van der Waals surface area (Å²) in [6.45, 7) is 0. The maximum absolute atomic E-state index is 12.3. The Morgan fingerprint density at radius 2 is 1.81 bits per heavy atom. The summed E-state index contributed by atoms with van der Waals surface area (Å²) in [5.41, 5.74) is 0.417. The Hall–Kier alpha value is -1.59. The molecular formula is C10H8F3NO2. The summed E-state index contributed by atoms with van der Waals surface area (Å²) in [6.07, 6.45) is -4.08. The second-order valence-electron chi connectivity index (χ2n) is 3.84. The highest BCUT2D eigenvalue weighted by atomic mass is 19.4. The largest absolute Gasteiger partial charge is 0.392 e. The summed E-state index contributed by atoms with van der Waals surface area (Å²) in [4.78, 5) is 9.78. The molecule has 1 aromatic rings. The maximum Gasteiger partial charge on any atom is 0.392 e. The normalized spacial score (nSPS) is 24.2. The monoisotopic (exact) mass is 231 g/mol. The van der Waals surface area contributed by atoms with E-state index in [1.807, 2.05) is 0 Å². The van der Waals surface area contributed by atoms with Crippen molar-refractivity contribution in [2.24, 2.45) is 5.92 Å². The lowest BCUT2D eigenvalue weighted by Crippen LogP contribution is -2.11. The number of nitrogens with zero attached hydrogens (tertiary/aromatic N) is 1. The van der Waals surface area contributed by atoms with E-state index in [-0.39, 0.29) is 12.1 Å². The van der Waals surface area contributed by atoms with Crippen LogP contribution in [0.2, 0.25) is 0 Å². The molecule has 0 saturated heterocycles. The third kappa shape index (κ3) is 2.00. The number of hydrogen-bond acceptors (Lipinski definition) is 2. The molecule has 6 heteroatoms. The summed E-state index contributed by atoms with van der Waals surface area (Å²) >= 11 is 0. The summed E-state index contributed by atoms with van der Waals surface area (Å²) < 4.78 is 36.8. The first-order chi connectivity index (χ1) is 7.39. The Kier molecular flexibility index (Phi) is 2.36. The molecule has 1 saturated carbocycles. The molecule has 1 aliphatic rings. The summed E-state index contributed by atoms with van der Waals surface area (Å²) in [6, 6.07) is 5.27. The van der Waals surface area contributed by atoms with Crippen molar-refractivity contribution in [1.29, 1.82) is 0 Å². The molecule has 86 valence electrons. The van der Waals surface area contributed by atoms with Gasteiger partial charge < -0.3 is 0 Å². The van der Waals surface area contributed by atoms with Crippen LogP contribution in [0, 0.1) is 16.0 Å². The van der Waals surface area contributed by atoms with E-state index in [1.54, 1.807) is 0 Å². The first-order valence-corrected chi connectivity index (χ1v) is 4.70. The van der Waals surface area contributed by atoms with Crippen LogP contribution in [0.5, 0.6) is 0 Å². The van der Waals surface area contributed by atoms with Crippen LogP contribution in [0.15, 0.2) is 24.3 Å². The van der Waals surface area contributed by atoms with Crippen LogP contribution >= 0.6 is 0 Å². The Bertz CT molecular complexity index is 413. The smallest absolute Gasteiger partial charge is 0.258 e. The number of nitro benzene ring substituents is 1. The van der Waals surface area contributed by atoms with Gasteiger partial charge in [-0.2, -0.15) is 13.2 Å². The van der Waals surface area contributed by atoms with Crippen LogP contribution in [0.3, 0.4) is 0 Å². The van der Waals surface area contributed by atoms with Crippen LogP contribution < -0.4 is 0 Å². The van der Waals surface area contributed by atoms with Crippen LogP contribution in [-0.2, 0) is 0 Å². The van der Waals surface area contributed by atoms with Gasteiger partial charge in [0.25, 0.3) is 5.69 Å². The standard InChI is InChI=1S/C10H8F3NO2/c11-10(12,13)9-5-8(9)6-1-3-7(4-2-6)14(15)16/h1-4,8-9H,5H2/t8-,9+/m0/s1. The van der Waals surface area contributed by atoms with Crippen molar-refractivity contribution in [3.63, 3.8) is 0 Å². The average Bonchev–Trinajstić information content (AvgIpc) is 2.96. The van der Waals surface area contributed by atoms with E-state index >= 15 is 0 Å². The summed E-state index contributed by atoms with van der Waals surface area (Å²) in [5.74, 6) is -1.81. The van der Waals surface area contributed by atoms with Gasteiger partial charge in [0.05, 0.1) is 10.8 Å². The third-order valence-corrected chi connectivity index (χ3v) is 2.74. The molecule has 0 amide bonds. The lowest BCUT2D eigenvalue weighted by molar-refractivity contribution is -0.384. The van der Waals surface area contributed by atoms with Crippen molar-refractivity contribution in [2.75, 3.05) is 0 Å². The minimum absolute atomic E-state index is 0.0846. The van der Waals surface area contributed by atoms with Gasteiger partial charge in [-0.3, -0.25) is 10.1 Å². The summed E-state index contributed by atoms with van der Waals surface area (Å²) in [5, 5.41) is 10.3. The molecule has 0 radical (unpaired) electrons. The SMILES string of the molecule is O=[N+]([O-])c1ccc([C@@H]2C[C@H]2C(F)(F)F)cc1. The first kappa shape index (κ1) is 10.9. The molecular weight excluding hydrogens is 223 g/mol. The van der Waals surface area contributed by atoms with Gasteiger partial charge in [-0.1, -0.05) is 12.1 Å². The van der Waals surface area contributed by atoms with Crippen molar-refractivity contribution < 1.29 is 18.1 Å². The molecule has 1 aromatic carbocycles. The number of hydrogen-bond donors (Lipinski definition) is 0. The number of nitro groups is 1. The Morgan fingerprint density at radius 3 is 2.19 bits per heavy atom. The second kappa shape index (κ2) is 3.47. The Labute approximate surface area is 89.0 Å². The van der Waals surface area contributed by atoms with Gasteiger partial charge >= 0.3 is 6.18 Å². The molecule has 16 heavy (non-hydrogen) atoms. The number of halogens is 3. The van der Waals surface area contributed by atoms with Gasteiger partial charge in [0, 0.05) is 12.1 Å². The molecule has 0 N–H and O–H groups in total. The van der Waals surface area contributed by atoms with Crippen LogP contribution in [0.25, 0.3) is 0 Å². The van der Waals surface area contributed by atoms with Crippen molar-refractivity contribution in [2.45, 2.75) is 18.5 Å². The molecule has 3 nitrogen and oxygen atoms in total. The molecule has 2 rings (SSSR count). The quantitative estimate of drug-likeness (QED) is 0.579. The van der Waals surface area contributed by atoms with Crippen LogP contribution in [0.1, 0.15) is 17.9 Å². The predicted octanol–water partition coefficient (Wildman–Crippen LogP) is 3.26. The lowest BCUT2D eigenvalue weighted by atomic mass is 10.1. The van der Waals surface area contributed by atoms with E-state index in [9.17, 15) is 23.3 Å². The van der Waals surface area contributed by atoms with Gasteiger partial charge in [-0.15, -0.1) is 0 Å². The molecule has 0 aromatic heterocycles. The average molecular weight is 231 g/mol. The fourth-order valence-corrected chi connectivity index (χ4v) is 1.77. The minimum Gasteiger partial charge on any atom is -0.258 e. The topological polar surface area (TPSA) is 43.1 Å². The molecule has 2 atom stereocenters. The van der Waals surface area contributed by atoms with E-state index in [0.29, 0.717) is 5.56 Å². The molecule has 1 fully saturated rings. The zero-order valence-corrected chi connectivity index (χ0v) is 8.07. The molecule has 0 heterocycles. The predicted molar refractivity (Wildman–Crippen MR) is 50.0 cm³/mol. The molecule has 0 unspecified atom stereocenters. The number of non-ortho nitro benzene ring substituents is 1. The number of rotatable bonds is 2. The first-order valence-electron chi connectivity index (χ1n) is 4.70. The van der Waals surface area contributed by atoms with E-state index < -0.39 is 22.9 Å². The van der Waals surface area contributed by atoms with E-state index in [4.69, 9.17) is 0 Å². The van der Waals surface area contributed by atoms with Gasteiger partial charge in [-0.05, 0) is 17.9 Å². The van der Waals surface area contributed by atoms with Crippen molar-refractivity contribution in [3.8, 4) is 0 Å². The fraction of sp³-hybridized carbons (Fsp3) is 0.400. The van der Waals surface area contributed by atoms with Gasteiger partial charge in [0.15, 0.2) is 0 Å². The number of alkyl halides is 3. The molecule has 1 aliphatic carbocycles. The zero-order chi connectivity index (χ0) is 11.9. The third-order valence-electron chi connectivity index (χ3n) is 2.74. The highest BCUT2D eigenvalue weighted by Gasteiger charge is 2.56. The van der Waals surface area contributed by atoms with Crippen molar-refractivity contribution in [3.05, 3.63) is 39.9 Å². The second-order valence-corrected chi connectivity index (χ2v) is 3.84. The lowest BCUT2D eigenvalue weighted by Gasteiger charge is -2.04. The minimum atomic E-state index is -4.16. The molecule has 0 aliphatic heterocycles. The van der Waals surface area contributed by atoms with Gasteiger partial charge in [0.2, 0.25) is 0 Å². The van der Waals surface area contributed by atoms with E-state index in [0.717, 1.165) is 0 Å². The van der Waals surface area contributed by atoms with Crippen molar-refractivity contribution >= 4 is 5.69 Å². The number of benzene rings is 1. The van der Waals surface area contributed by atoms with E-state index in [2.05, 4.69) is 0 Å². The highest BCUT2D eigenvalue weighted by molar-refractivity contribution is 5.36. The van der Waals surface area contributed by atoms with Gasteiger partial charge in [-0.25, -0.2) is 0 Å². The van der Waals surface area contributed by atoms with Crippen molar-refractivity contribution in [1.82, 2.24) is 0 Å². The molecule has 0 spiro atoms. The maximum atomic E-state index is 12.3. The highest BCUT2D eigenvalue weighted by Crippen LogP contribution is 2.56. The summed E-state index contributed by atoms with van der Waals surface area (Å²) in [7, 11) is 0. The van der Waals surface area contributed by atoms with Gasteiger partial charge in [0.1, 0.15) is 0 Å². The zero-order valence-electron chi connectivity index (χ0n) is 8.07. The Balaban J connectivity index is 2.11. The van der Waals surface area contributed by atoms with Crippen LogP contribution in [-0.4, -0.2) is 11.1 Å². The van der Waals surface area contributed by atoms with E-state index in [1.165, 1.54) is 24.3 Å². The Morgan fingerprint density at radius 1 is 1.25 bits per heavy atom.